The molecule has 1 heteroatoms. The first kappa shape index (κ1) is 8.92. The lowest BCUT2D eigenvalue weighted by atomic mass is 10.2. The Kier molecular flexibility index (Phi) is 3.78. The van der Waals surface area contributed by atoms with Crippen LogP contribution in [0.4, 0.5) is 0 Å². The molecule has 0 bridgehead atoms. The Hall–Kier alpha value is -0.170. The lowest BCUT2D eigenvalue weighted by molar-refractivity contribution is 0.748. The lowest BCUT2D eigenvalue weighted by Crippen LogP contribution is -2.02. The smallest absolute Gasteiger partial charge is 0.0264 e. The van der Waals surface area contributed by atoms with Crippen LogP contribution < -0.4 is 0 Å². The Bertz CT molecular complexity index is 156. The maximum absolute atomic E-state index is 2.30. The lowest BCUT2D eigenvalue weighted by Gasteiger charge is -2.13. The fourth-order valence-electron chi connectivity index (χ4n) is 0.998. The third kappa shape index (κ3) is 3.66. The molecule has 0 saturated carbocycles. The number of hydrogen-bond donors (Lipinski definition) is 0. The Morgan fingerprint density at radius 2 is 2.27 bits per heavy atom. The van der Waals surface area contributed by atoms with Crippen LogP contribution in [-0.2, 0) is 0 Å². The van der Waals surface area contributed by atoms with Crippen molar-refractivity contribution in [1.82, 2.24) is 0 Å². The van der Waals surface area contributed by atoms with E-state index in [0.29, 0.717) is 0 Å². The first-order chi connectivity index (χ1) is 5.29. The highest BCUT2D eigenvalue weighted by atomic mass is 32.2. The molecule has 0 nitrogen and oxygen atoms in total. The Morgan fingerprint density at radius 3 is 2.82 bits per heavy atom. The summed E-state index contributed by atoms with van der Waals surface area (Å²) in [4.78, 5) is 0. The molecular formula is C10H16S. The van der Waals surface area contributed by atoms with Crippen molar-refractivity contribution in [2.75, 3.05) is 5.75 Å². The maximum Gasteiger partial charge on any atom is 0.0264 e. The molecule has 1 unspecified atom stereocenters. The second kappa shape index (κ2) is 4.66. The van der Waals surface area contributed by atoms with Gasteiger partial charge in [0, 0.05) is 5.25 Å². The van der Waals surface area contributed by atoms with E-state index >= 15 is 0 Å². The van der Waals surface area contributed by atoms with Crippen LogP contribution in [0, 0.1) is 5.92 Å². The summed E-state index contributed by atoms with van der Waals surface area (Å²) in [5, 5.41) is 0.738. The van der Waals surface area contributed by atoms with E-state index in [9.17, 15) is 0 Å². The molecule has 0 aromatic heterocycles. The van der Waals surface area contributed by atoms with Gasteiger partial charge < -0.3 is 0 Å². The average molecular weight is 168 g/mol. The van der Waals surface area contributed by atoms with Crippen LogP contribution in [0.3, 0.4) is 0 Å². The van der Waals surface area contributed by atoms with Crippen molar-refractivity contribution < 1.29 is 0 Å². The molecule has 0 heterocycles. The van der Waals surface area contributed by atoms with Gasteiger partial charge in [-0.1, -0.05) is 38.2 Å². The van der Waals surface area contributed by atoms with E-state index in [2.05, 4.69) is 49.9 Å². The molecule has 11 heavy (non-hydrogen) atoms. The summed E-state index contributed by atoms with van der Waals surface area (Å²) in [6.07, 6.45) is 10.0. The van der Waals surface area contributed by atoms with Crippen LogP contribution >= 0.6 is 11.8 Å². The first-order valence-electron chi connectivity index (χ1n) is 4.24. The summed E-state index contributed by atoms with van der Waals surface area (Å²) >= 11 is 2.07. The van der Waals surface area contributed by atoms with Gasteiger partial charge >= 0.3 is 0 Å². The van der Waals surface area contributed by atoms with Gasteiger partial charge in [0.1, 0.15) is 0 Å². The van der Waals surface area contributed by atoms with E-state index in [1.807, 2.05) is 0 Å². The molecule has 1 aliphatic carbocycles. The van der Waals surface area contributed by atoms with Crippen LogP contribution in [0.5, 0.6) is 0 Å². The zero-order valence-electron chi connectivity index (χ0n) is 7.29. The summed E-state index contributed by atoms with van der Waals surface area (Å²) in [5.74, 6) is 2.10. The topological polar surface area (TPSA) is 0 Å². The van der Waals surface area contributed by atoms with Gasteiger partial charge in [-0.2, -0.15) is 11.8 Å². The highest BCUT2D eigenvalue weighted by Crippen LogP contribution is 2.21. The molecule has 62 valence electrons. The van der Waals surface area contributed by atoms with E-state index in [4.69, 9.17) is 0 Å². The first-order valence-corrected chi connectivity index (χ1v) is 5.29. The highest BCUT2D eigenvalue weighted by Gasteiger charge is 2.05. The van der Waals surface area contributed by atoms with Gasteiger partial charge in [-0.05, 0) is 18.1 Å². The minimum Gasteiger partial charge on any atom is -0.154 e. The fraction of sp³-hybridized carbons (Fsp3) is 0.600. The fourth-order valence-corrected chi connectivity index (χ4v) is 2.08. The van der Waals surface area contributed by atoms with Crippen molar-refractivity contribution in [1.29, 1.82) is 0 Å². The molecule has 0 aliphatic heterocycles. The number of thioether (sulfide) groups is 1. The van der Waals surface area contributed by atoms with Gasteiger partial charge in [-0.15, -0.1) is 0 Å². The summed E-state index contributed by atoms with van der Waals surface area (Å²) in [6.45, 7) is 4.55. The second-order valence-electron chi connectivity index (χ2n) is 3.31. The molecule has 0 fully saturated rings. The largest absolute Gasteiger partial charge is 0.154 e. The monoisotopic (exact) mass is 168 g/mol. The van der Waals surface area contributed by atoms with Crippen LogP contribution in [-0.4, -0.2) is 11.0 Å². The minimum absolute atomic E-state index is 0.738. The van der Waals surface area contributed by atoms with Crippen LogP contribution in [0.2, 0.25) is 0 Å². The van der Waals surface area contributed by atoms with E-state index in [-0.39, 0.29) is 0 Å². The van der Waals surface area contributed by atoms with Gasteiger partial charge in [0.05, 0.1) is 0 Å². The normalized spacial score (nSPS) is 23.0. The zero-order chi connectivity index (χ0) is 8.10. The number of hydrogen-bond acceptors (Lipinski definition) is 1. The number of rotatable bonds is 3. The Balaban J connectivity index is 2.17. The molecule has 0 spiro atoms. The van der Waals surface area contributed by atoms with Gasteiger partial charge in [0.15, 0.2) is 0 Å². The highest BCUT2D eigenvalue weighted by molar-refractivity contribution is 8.00. The average Bonchev–Trinajstić information content (AvgIpc) is 2.03. The molecule has 0 radical (unpaired) electrons. The standard InChI is InChI=1S/C10H16S/c1-9(2)8-11-10-6-4-3-5-7-10/h3-6,9-10H,7-8H2,1-2H3. The molecule has 1 atom stereocenters. The third-order valence-electron chi connectivity index (χ3n) is 1.58. The predicted octanol–water partition coefficient (Wildman–Crippen LogP) is 3.26. The van der Waals surface area contributed by atoms with Crippen LogP contribution in [0.15, 0.2) is 24.3 Å². The summed E-state index contributed by atoms with van der Waals surface area (Å²) in [6, 6.07) is 0. The van der Waals surface area contributed by atoms with Crippen LogP contribution in [0.1, 0.15) is 20.3 Å². The van der Waals surface area contributed by atoms with Crippen molar-refractivity contribution in [3.8, 4) is 0 Å². The molecule has 0 saturated heterocycles. The summed E-state index contributed by atoms with van der Waals surface area (Å²) in [5.41, 5.74) is 0. The molecule has 0 amide bonds. The van der Waals surface area contributed by atoms with E-state index in [1.54, 1.807) is 0 Å². The molecule has 1 rings (SSSR count). The van der Waals surface area contributed by atoms with Gasteiger partial charge in [0.2, 0.25) is 0 Å². The minimum atomic E-state index is 0.738. The van der Waals surface area contributed by atoms with Crippen molar-refractivity contribution in [3.63, 3.8) is 0 Å². The molecule has 1 aliphatic rings. The van der Waals surface area contributed by atoms with Crippen molar-refractivity contribution in [3.05, 3.63) is 24.3 Å². The molecular weight excluding hydrogens is 152 g/mol. The zero-order valence-corrected chi connectivity index (χ0v) is 8.10. The third-order valence-corrected chi connectivity index (χ3v) is 3.22. The molecule has 0 aromatic carbocycles. The SMILES string of the molecule is CC(C)CSC1C=CC=CC1. The molecule has 0 aromatic rings. The van der Waals surface area contributed by atoms with Gasteiger partial charge in [-0.3, -0.25) is 0 Å². The summed E-state index contributed by atoms with van der Waals surface area (Å²) < 4.78 is 0. The molecule has 0 N–H and O–H groups in total. The second-order valence-corrected chi connectivity index (χ2v) is 4.59. The van der Waals surface area contributed by atoms with Crippen molar-refractivity contribution in [2.24, 2.45) is 5.92 Å². The van der Waals surface area contributed by atoms with Gasteiger partial charge in [-0.25, -0.2) is 0 Å². The summed E-state index contributed by atoms with van der Waals surface area (Å²) in [7, 11) is 0. The van der Waals surface area contributed by atoms with Crippen LogP contribution in [0.25, 0.3) is 0 Å². The van der Waals surface area contributed by atoms with Crippen molar-refractivity contribution >= 4 is 11.8 Å². The maximum atomic E-state index is 2.30. The van der Waals surface area contributed by atoms with Gasteiger partial charge in [0.25, 0.3) is 0 Å². The Morgan fingerprint density at radius 1 is 1.45 bits per heavy atom. The Labute approximate surface area is 73.8 Å². The van der Waals surface area contributed by atoms with E-state index < -0.39 is 0 Å². The van der Waals surface area contributed by atoms with E-state index in [1.165, 1.54) is 12.2 Å². The quantitative estimate of drug-likeness (QED) is 0.623. The van der Waals surface area contributed by atoms with E-state index in [0.717, 1.165) is 11.2 Å². The predicted molar refractivity (Wildman–Crippen MR) is 54.0 cm³/mol. The van der Waals surface area contributed by atoms with Crippen molar-refractivity contribution in [2.45, 2.75) is 25.5 Å². The number of allylic oxidation sites excluding steroid dienone is 3.